The highest BCUT2D eigenvalue weighted by molar-refractivity contribution is 5.46. The zero-order valence-corrected chi connectivity index (χ0v) is 18.8. The second-order valence-electron chi connectivity index (χ2n) is 9.06. The van der Waals surface area contributed by atoms with Crippen LogP contribution >= 0.6 is 0 Å². The molecule has 29 heavy (non-hydrogen) atoms. The van der Waals surface area contributed by atoms with Crippen LogP contribution in [-0.4, -0.2) is 5.11 Å². The molecule has 0 saturated heterocycles. The Labute approximate surface area is 177 Å². The summed E-state index contributed by atoms with van der Waals surface area (Å²) in [6.07, 6.45) is 7.93. The Morgan fingerprint density at radius 1 is 0.793 bits per heavy atom. The van der Waals surface area contributed by atoms with E-state index in [0.29, 0.717) is 5.75 Å². The molecule has 0 spiro atoms. The quantitative estimate of drug-likeness (QED) is 0.561. The minimum atomic E-state index is 0.334. The molecular formula is C27H38O2. The van der Waals surface area contributed by atoms with Crippen molar-refractivity contribution in [1.29, 1.82) is 0 Å². The van der Waals surface area contributed by atoms with Crippen LogP contribution in [0.2, 0.25) is 0 Å². The standard InChI is InChI=1S/C14H14O2.C11H18.C2H6/c1-10-8-13(9-11(2)14(10)15)16-12-6-4-3-5-7-12;1-7-4-10-8-2-3-9(6-8)11(10)5-7;1-2/h3-9,15H,1-2H3;7-11H,2-6H2,1H3;1-2H3. The van der Waals surface area contributed by atoms with E-state index in [-0.39, 0.29) is 0 Å². The molecule has 4 atom stereocenters. The molecule has 2 aromatic carbocycles. The average Bonchev–Trinajstić information content (AvgIpc) is 3.42. The molecule has 0 heterocycles. The van der Waals surface area contributed by atoms with Crippen molar-refractivity contribution in [3.05, 3.63) is 53.6 Å². The van der Waals surface area contributed by atoms with Gasteiger partial charge in [-0.15, -0.1) is 0 Å². The smallest absolute Gasteiger partial charge is 0.128 e. The fourth-order valence-corrected chi connectivity index (χ4v) is 5.89. The van der Waals surface area contributed by atoms with E-state index >= 15 is 0 Å². The molecule has 3 fully saturated rings. The number of ether oxygens (including phenoxy) is 1. The molecule has 4 unspecified atom stereocenters. The summed E-state index contributed by atoms with van der Waals surface area (Å²) in [6, 6.07) is 13.3. The van der Waals surface area contributed by atoms with Gasteiger partial charge in [-0.3, -0.25) is 0 Å². The van der Waals surface area contributed by atoms with Crippen molar-refractivity contribution in [3.63, 3.8) is 0 Å². The lowest BCUT2D eigenvalue weighted by molar-refractivity contribution is 0.259. The molecule has 2 bridgehead atoms. The maximum absolute atomic E-state index is 9.64. The molecule has 0 aliphatic heterocycles. The molecule has 1 N–H and O–H groups in total. The molecule has 0 radical (unpaired) electrons. The molecule has 3 aliphatic carbocycles. The fraction of sp³-hybridized carbons (Fsp3) is 0.556. The highest BCUT2D eigenvalue weighted by Gasteiger charge is 2.50. The number of phenols is 1. The van der Waals surface area contributed by atoms with Gasteiger partial charge in [0, 0.05) is 0 Å². The summed E-state index contributed by atoms with van der Waals surface area (Å²) in [6.45, 7) is 10.2. The van der Waals surface area contributed by atoms with Gasteiger partial charge in [0.15, 0.2) is 0 Å². The highest BCUT2D eigenvalue weighted by atomic mass is 16.5. The van der Waals surface area contributed by atoms with Crippen molar-refractivity contribution in [2.45, 2.75) is 66.7 Å². The molecule has 2 heteroatoms. The van der Waals surface area contributed by atoms with Crippen LogP contribution in [0, 0.1) is 43.4 Å². The van der Waals surface area contributed by atoms with Gasteiger partial charge < -0.3 is 9.84 Å². The van der Waals surface area contributed by atoms with Gasteiger partial charge in [-0.1, -0.05) is 39.0 Å². The van der Waals surface area contributed by atoms with E-state index < -0.39 is 0 Å². The summed E-state index contributed by atoms with van der Waals surface area (Å²) in [7, 11) is 0. The molecule has 2 aromatic rings. The van der Waals surface area contributed by atoms with Gasteiger partial charge in [-0.25, -0.2) is 0 Å². The lowest BCUT2D eigenvalue weighted by Crippen LogP contribution is -2.15. The lowest BCUT2D eigenvalue weighted by Gasteiger charge is -2.23. The van der Waals surface area contributed by atoms with Crippen molar-refractivity contribution < 1.29 is 9.84 Å². The van der Waals surface area contributed by atoms with E-state index in [0.717, 1.165) is 28.5 Å². The summed E-state index contributed by atoms with van der Waals surface area (Å²) >= 11 is 0. The van der Waals surface area contributed by atoms with Crippen LogP contribution < -0.4 is 4.74 Å². The van der Waals surface area contributed by atoms with Gasteiger partial charge >= 0.3 is 0 Å². The van der Waals surface area contributed by atoms with E-state index in [1.807, 2.05) is 70.2 Å². The molecular weight excluding hydrogens is 356 g/mol. The van der Waals surface area contributed by atoms with Gasteiger partial charge in [0.2, 0.25) is 0 Å². The Hall–Kier alpha value is -1.96. The number of aryl methyl sites for hydroxylation is 2. The first-order valence-corrected chi connectivity index (χ1v) is 11.5. The molecule has 0 amide bonds. The van der Waals surface area contributed by atoms with Crippen LogP contribution in [0.25, 0.3) is 0 Å². The Morgan fingerprint density at radius 3 is 1.83 bits per heavy atom. The van der Waals surface area contributed by atoms with Crippen LogP contribution in [0.3, 0.4) is 0 Å². The number of hydrogen-bond donors (Lipinski definition) is 1. The van der Waals surface area contributed by atoms with E-state index in [9.17, 15) is 5.11 Å². The van der Waals surface area contributed by atoms with Gasteiger partial charge in [0.1, 0.15) is 17.2 Å². The van der Waals surface area contributed by atoms with Crippen LogP contribution in [-0.2, 0) is 0 Å². The van der Waals surface area contributed by atoms with Gasteiger partial charge in [-0.2, -0.15) is 0 Å². The van der Waals surface area contributed by atoms with E-state index in [4.69, 9.17) is 4.74 Å². The van der Waals surface area contributed by atoms with Crippen molar-refractivity contribution in [2.24, 2.45) is 29.6 Å². The van der Waals surface area contributed by atoms with E-state index in [2.05, 4.69) is 6.92 Å². The number of para-hydroxylation sites is 1. The van der Waals surface area contributed by atoms with Crippen LogP contribution in [0.5, 0.6) is 17.2 Å². The number of aromatic hydroxyl groups is 1. The van der Waals surface area contributed by atoms with Crippen LogP contribution in [0.1, 0.15) is 64.0 Å². The Balaban J connectivity index is 0.000000160. The van der Waals surface area contributed by atoms with E-state index in [1.54, 1.807) is 32.1 Å². The minimum Gasteiger partial charge on any atom is -0.507 e. The van der Waals surface area contributed by atoms with Gasteiger partial charge in [-0.05, 0) is 111 Å². The first kappa shape index (κ1) is 21.7. The second-order valence-corrected chi connectivity index (χ2v) is 9.06. The van der Waals surface area contributed by atoms with Gasteiger partial charge in [0.05, 0.1) is 0 Å². The molecule has 2 nitrogen and oxygen atoms in total. The zero-order chi connectivity index (χ0) is 21.0. The summed E-state index contributed by atoms with van der Waals surface area (Å²) in [5.74, 6) is 7.66. The third kappa shape index (κ3) is 4.97. The van der Waals surface area contributed by atoms with E-state index in [1.165, 1.54) is 23.7 Å². The summed E-state index contributed by atoms with van der Waals surface area (Å²) in [5.41, 5.74) is 1.65. The highest BCUT2D eigenvalue weighted by Crippen LogP contribution is 2.59. The monoisotopic (exact) mass is 394 g/mol. The fourth-order valence-electron chi connectivity index (χ4n) is 5.89. The average molecular weight is 395 g/mol. The predicted molar refractivity (Wildman–Crippen MR) is 122 cm³/mol. The molecule has 5 rings (SSSR count). The molecule has 3 aliphatic rings. The minimum absolute atomic E-state index is 0.334. The van der Waals surface area contributed by atoms with Crippen molar-refractivity contribution in [3.8, 4) is 17.2 Å². The van der Waals surface area contributed by atoms with Crippen molar-refractivity contribution in [1.82, 2.24) is 0 Å². The largest absolute Gasteiger partial charge is 0.507 e. The topological polar surface area (TPSA) is 29.5 Å². The second kappa shape index (κ2) is 9.69. The predicted octanol–water partition coefficient (Wildman–Crippen LogP) is 7.91. The third-order valence-electron chi connectivity index (χ3n) is 7.07. The maximum atomic E-state index is 9.64. The number of rotatable bonds is 2. The SMILES string of the molecule is CC.CC1CC2C3CCC(C3)C2C1.Cc1cc(Oc2ccccc2)cc(C)c1O. The number of hydrogen-bond acceptors (Lipinski definition) is 2. The Bertz CT molecular complexity index is 741. The normalized spacial score (nSPS) is 28.7. The first-order valence-electron chi connectivity index (χ1n) is 11.5. The lowest BCUT2D eigenvalue weighted by atomic mass is 9.82. The molecule has 0 aromatic heterocycles. The number of benzene rings is 2. The summed E-state index contributed by atoms with van der Waals surface area (Å²) in [4.78, 5) is 0. The Morgan fingerprint density at radius 2 is 1.31 bits per heavy atom. The van der Waals surface area contributed by atoms with Crippen LogP contribution in [0.15, 0.2) is 42.5 Å². The van der Waals surface area contributed by atoms with Gasteiger partial charge in [0.25, 0.3) is 0 Å². The van der Waals surface area contributed by atoms with Crippen LogP contribution in [0.4, 0.5) is 0 Å². The zero-order valence-electron chi connectivity index (χ0n) is 18.8. The number of phenolic OH excluding ortho intramolecular Hbond substituents is 1. The van der Waals surface area contributed by atoms with Crippen molar-refractivity contribution in [2.75, 3.05) is 0 Å². The summed E-state index contributed by atoms with van der Waals surface area (Å²) < 4.78 is 5.68. The molecule has 3 saturated carbocycles. The first-order chi connectivity index (χ1) is 14.0. The molecule has 158 valence electrons. The Kier molecular flexibility index (Phi) is 7.27. The third-order valence-corrected chi connectivity index (χ3v) is 7.07. The maximum Gasteiger partial charge on any atom is 0.128 e. The number of fused-ring (bicyclic) bond motifs is 5. The van der Waals surface area contributed by atoms with Crippen molar-refractivity contribution >= 4 is 0 Å². The summed E-state index contributed by atoms with van der Waals surface area (Å²) in [5, 5.41) is 9.64.